The van der Waals surface area contributed by atoms with Gasteiger partial charge in [0.2, 0.25) is 0 Å². The molecule has 0 aliphatic carbocycles. The number of aliphatic hydroxyl groups is 3. The second kappa shape index (κ2) is 8.85. The van der Waals surface area contributed by atoms with E-state index < -0.39 is 6.10 Å². The Morgan fingerprint density at radius 2 is 1.25 bits per heavy atom. The number of aliphatic hydroxyl groups excluding tert-OH is 3. The molecule has 0 saturated carbocycles. The summed E-state index contributed by atoms with van der Waals surface area (Å²) in [6.07, 6.45) is -0.954. The maximum Gasteiger partial charge on any atom is 0.152 e. The van der Waals surface area contributed by atoms with E-state index in [9.17, 15) is 0 Å². The molecule has 0 radical (unpaired) electrons. The number of hydrogen-bond acceptors (Lipinski definition) is 6. The Kier molecular flexibility index (Phi) is 8.68. The summed E-state index contributed by atoms with van der Waals surface area (Å²) in [5.74, 6) is 0. The van der Waals surface area contributed by atoms with Crippen molar-refractivity contribution in [2.45, 2.75) is 6.10 Å². The molecule has 0 aromatic heterocycles. The fourth-order valence-electron chi connectivity index (χ4n) is 0.337. The van der Waals surface area contributed by atoms with Crippen LogP contribution < -0.4 is 0 Å². The minimum atomic E-state index is -0.954. The summed E-state index contributed by atoms with van der Waals surface area (Å²) in [5, 5.41) is 24.0. The monoisotopic (exact) mass is 182 g/mol. The van der Waals surface area contributed by atoms with E-state index in [0.717, 1.165) is 0 Å². The zero-order valence-corrected chi connectivity index (χ0v) is 6.68. The van der Waals surface area contributed by atoms with Crippen molar-refractivity contribution < 1.29 is 29.5 Å². The number of ether oxygens (including phenoxy) is 3. The van der Waals surface area contributed by atoms with Gasteiger partial charge in [0.15, 0.2) is 20.4 Å². The second-order valence-corrected chi connectivity index (χ2v) is 1.98. The summed E-state index contributed by atoms with van der Waals surface area (Å²) in [6.45, 7) is 0.396. The molecule has 0 aromatic carbocycles. The molecule has 1 aliphatic heterocycles. The van der Waals surface area contributed by atoms with E-state index in [1.54, 1.807) is 0 Å². The van der Waals surface area contributed by atoms with Gasteiger partial charge in [0.05, 0.1) is 13.2 Å². The van der Waals surface area contributed by atoms with Crippen LogP contribution in [0, 0.1) is 0 Å². The summed E-state index contributed by atoms with van der Waals surface area (Å²) in [7, 11) is 0. The van der Waals surface area contributed by atoms with Crippen molar-refractivity contribution in [1.82, 2.24) is 0 Å². The van der Waals surface area contributed by atoms with Gasteiger partial charge in [0, 0.05) is 0 Å². The minimum Gasteiger partial charge on any atom is -0.394 e. The van der Waals surface area contributed by atoms with Crippen molar-refractivity contribution in [1.29, 1.82) is 0 Å². The molecule has 0 amide bonds. The first-order valence-electron chi connectivity index (χ1n) is 3.44. The molecule has 12 heavy (non-hydrogen) atoms. The fourth-order valence-corrected chi connectivity index (χ4v) is 0.337. The third kappa shape index (κ3) is 7.86. The quantitative estimate of drug-likeness (QED) is 0.469. The predicted octanol–water partition coefficient (Wildman–Crippen LogP) is -1.75. The normalized spacial score (nSPS) is 17.0. The number of rotatable bonds is 2. The molecule has 3 N–H and O–H groups in total. The van der Waals surface area contributed by atoms with Crippen LogP contribution in [-0.2, 0) is 14.2 Å². The van der Waals surface area contributed by atoms with Gasteiger partial charge in [-0.25, -0.2) is 0 Å². The summed E-state index contributed by atoms with van der Waals surface area (Å²) >= 11 is 0. The van der Waals surface area contributed by atoms with E-state index in [-0.39, 0.29) is 13.2 Å². The maximum absolute atomic E-state index is 8.17. The van der Waals surface area contributed by atoms with Crippen molar-refractivity contribution in [2.75, 3.05) is 33.6 Å². The molecule has 0 bridgehead atoms. The highest BCUT2D eigenvalue weighted by Gasteiger charge is 1.94. The van der Waals surface area contributed by atoms with E-state index in [2.05, 4.69) is 14.2 Å². The van der Waals surface area contributed by atoms with E-state index >= 15 is 0 Å². The highest BCUT2D eigenvalue weighted by Crippen LogP contribution is 1.87. The molecule has 1 aliphatic rings. The van der Waals surface area contributed by atoms with Crippen LogP contribution in [0.2, 0.25) is 0 Å². The molecule has 1 heterocycles. The zero-order valence-electron chi connectivity index (χ0n) is 6.68. The van der Waals surface area contributed by atoms with Crippen LogP contribution in [0.4, 0.5) is 0 Å². The van der Waals surface area contributed by atoms with Crippen molar-refractivity contribution >= 4 is 0 Å². The van der Waals surface area contributed by atoms with Crippen LogP contribution in [0.25, 0.3) is 0 Å². The highest BCUT2D eigenvalue weighted by molar-refractivity contribution is 4.43. The van der Waals surface area contributed by atoms with Crippen LogP contribution in [-0.4, -0.2) is 55.0 Å². The molecule has 6 nitrogen and oxygen atoms in total. The average Bonchev–Trinajstić information content (AvgIpc) is 2.20. The van der Waals surface area contributed by atoms with Crippen LogP contribution in [0.5, 0.6) is 0 Å². The highest BCUT2D eigenvalue weighted by atomic mass is 16.8. The molecule has 0 unspecified atom stereocenters. The topological polar surface area (TPSA) is 88.4 Å². The van der Waals surface area contributed by atoms with Gasteiger partial charge in [0.1, 0.15) is 6.10 Å². The molecule has 1 rings (SSSR count). The molecule has 0 atom stereocenters. The van der Waals surface area contributed by atoms with Gasteiger partial charge in [-0.05, 0) is 0 Å². The van der Waals surface area contributed by atoms with Gasteiger partial charge in [-0.2, -0.15) is 0 Å². The Balaban J connectivity index is 0.000000202. The lowest BCUT2D eigenvalue weighted by molar-refractivity contribution is -0.247. The van der Waals surface area contributed by atoms with Crippen LogP contribution in [0.3, 0.4) is 0 Å². The third-order valence-corrected chi connectivity index (χ3v) is 0.921. The Morgan fingerprint density at radius 3 is 1.33 bits per heavy atom. The lowest BCUT2D eigenvalue weighted by atomic mass is 10.4. The van der Waals surface area contributed by atoms with Gasteiger partial charge < -0.3 is 29.5 Å². The summed E-state index contributed by atoms with van der Waals surface area (Å²) < 4.78 is 13.9. The lowest BCUT2D eigenvalue weighted by Crippen LogP contribution is -2.15. The first-order chi connectivity index (χ1) is 5.81. The SMILES string of the molecule is C1OCOCO1.OCC(O)CO. The minimum absolute atomic E-state index is 0.365. The third-order valence-electron chi connectivity index (χ3n) is 0.921. The molecule has 74 valence electrons. The predicted molar refractivity (Wildman–Crippen MR) is 38.0 cm³/mol. The average molecular weight is 182 g/mol. The molecular weight excluding hydrogens is 168 g/mol. The molecule has 0 aromatic rings. The number of hydrogen-bond donors (Lipinski definition) is 3. The van der Waals surface area contributed by atoms with E-state index in [1.165, 1.54) is 0 Å². The van der Waals surface area contributed by atoms with Crippen LogP contribution in [0.15, 0.2) is 0 Å². The van der Waals surface area contributed by atoms with E-state index in [0.29, 0.717) is 20.4 Å². The smallest absolute Gasteiger partial charge is 0.152 e. The Bertz CT molecular complexity index is 68.6. The fraction of sp³-hybridized carbons (Fsp3) is 1.00. The van der Waals surface area contributed by atoms with Gasteiger partial charge in [-0.3, -0.25) is 0 Å². The summed E-state index contributed by atoms with van der Waals surface area (Å²) in [4.78, 5) is 0. The second-order valence-electron chi connectivity index (χ2n) is 1.98. The molecule has 1 fully saturated rings. The van der Waals surface area contributed by atoms with Crippen molar-refractivity contribution in [2.24, 2.45) is 0 Å². The zero-order chi connectivity index (χ0) is 9.23. The molecule has 6 heteroatoms. The van der Waals surface area contributed by atoms with E-state index in [4.69, 9.17) is 15.3 Å². The van der Waals surface area contributed by atoms with Gasteiger partial charge >= 0.3 is 0 Å². The summed E-state index contributed by atoms with van der Waals surface area (Å²) in [6, 6.07) is 0. The van der Waals surface area contributed by atoms with Gasteiger partial charge in [-0.1, -0.05) is 0 Å². The largest absolute Gasteiger partial charge is 0.394 e. The summed E-state index contributed by atoms with van der Waals surface area (Å²) in [5.41, 5.74) is 0. The Hall–Kier alpha value is -0.240. The van der Waals surface area contributed by atoms with Crippen molar-refractivity contribution in [3.8, 4) is 0 Å². The van der Waals surface area contributed by atoms with Crippen LogP contribution >= 0.6 is 0 Å². The first-order valence-corrected chi connectivity index (χ1v) is 3.44. The molecule has 1 saturated heterocycles. The van der Waals surface area contributed by atoms with Crippen molar-refractivity contribution in [3.05, 3.63) is 0 Å². The van der Waals surface area contributed by atoms with E-state index in [1.807, 2.05) is 0 Å². The molecular formula is C6H14O6. The lowest BCUT2D eigenvalue weighted by Gasteiger charge is -2.10. The Labute approximate surface area is 70.3 Å². The maximum atomic E-state index is 8.17. The van der Waals surface area contributed by atoms with Crippen molar-refractivity contribution in [3.63, 3.8) is 0 Å². The van der Waals surface area contributed by atoms with Gasteiger partial charge in [0.25, 0.3) is 0 Å². The molecule has 0 spiro atoms. The van der Waals surface area contributed by atoms with Crippen LogP contribution in [0.1, 0.15) is 0 Å². The van der Waals surface area contributed by atoms with Gasteiger partial charge in [-0.15, -0.1) is 0 Å². The standard InChI is InChI=1S/C3H6O3.C3H8O3/c1-4-2-6-3-5-1;4-1-3(6)2-5/h1-3H2;3-6H,1-2H2. The first kappa shape index (κ1) is 11.8. The Morgan fingerprint density at radius 1 is 0.917 bits per heavy atom.